The fourth-order valence-electron chi connectivity index (χ4n) is 3.01. The van der Waals surface area contributed by atoms with Gasteiger partial charge in [-0.2, -0.15) is 0 Å². The molecule has 0 spiro atoms. The van der Waals surface area contributed by atoms with Crippen molar-refractivity contribution in [2.75, 3.05) is 36.4 Å². The van der Waals surface area contributed by atoms with E-state index >= 15 is 0 Å². The van der Waals surface area contributed by atoms with Crippen LogP contribution in [0.2, 0.25) is 0 Å². The number of carbonyl (C=O) groups excluding carboxylic acids is 2. The van der Waals surface area contributed by atoms with Gasteiger partial charge in [0.15, 0.2) is 0 Å². The molecule has 2 heterocycles. The molecule has 0 radical (unpaired) electrons. The predicted octanol–water partition coefficient (Wildman–Crippen LogP) is 2.56. The third-order valence-electron chi connectivity index (χ3n) is 4.68. The lowest BCUT2D eigenvalue weighted by Crippen LogP contribution is -2.48. The van der Waals surface area contributed by atoms with Gasteiger partial charge in [0.1, 0.15) is 5.82 Å². The van der Waals surface area contributed by atoms with Gasteiger partial charge < -0.3 is 15.1 Å². The maximum Gasteiger partial charge on any atom is 0.255 e. The van der Waals surface area contributed by atoms with E-state index in [0.29, 0.717) is 18.7 Å². The van der Waals surface area contributed by atoms with Gasteiger partial charge in [-0.15, -0.1) is 0 Å². The van der Waals surface area contributed by atoms with E-state index in [9.17, 15) is 9.59 Å². The lowest BCUT2D eigenvalue weighted by atomic mass is 10.1. The van der Waals surface area contributed by atoms with Gasteiger partial charge in [0, 0.05) is 50.6 Å². The highest BCUT2D eigenvalue weighted by Gasteiger charge is 2.20. The molecule has 3 rings (SSSR count). The Bertz CT molecular complexity index is 781. The number of hydrogen-bond donors (Lipinski definition) is 1. The van der Waals surface area contributed by atoms with Crippen molar-refractivity contribution < 1.29 is 9.59 Å². The molecule has 1 saturated heterocycles. The van der Waals surface area contributed by atoms with Gasteiger partial charge in [0.05, 0.1) is 0 Å². The topological polar surface area (TPSA) is 65.5 Å². The van der Waals surface area contributed by atoms with Crippen LogP contribution < -0.4 is 10.2 Å². The number of amides is 2. The second kappa shape index (κ2) is 7.99. The van der Waals surface area contributed by atoms with E-state index in [1.165, 1.54) is 5.56 Å². The van der Waals surface area contributed by atoms with Gasteiger partial charge in [-0.05, 0) is 36.2 Å². The number of carbonyl (C=O) groups is 2. The number of anilines is 2. The highest BCUT2D eigenvalue weighted by Crippen LogP contribution is 2.17. The van der Waals surface area contributed by atoms with Crippen molar-refractivity contribution >= 4 is 23.3 Å². The monoisotopic (exact) mass is 352 g/mol. The van der Waals surface area contributed by atoms with Crippen LogP contribution in [-0.4, -0.2) is 47.9 Å². The van der Waals surface area contributed by atoms with Crippen molar-refractivity contribution in [3.8, 4) is 0 Å². The Kier molecular flexibility index (Phi) is 5.51. The number of piperazine rings is 1. The quantitative estimate of drug-likeness (QED) is 0.918. The summed E-state index contributed by atoms with van der Waals surface area (Å²) in [6, 6.07) is 11.4. The molecule has 1 aromatic heterocycles. The van der Waals surface area contributed by atoms with E-state index in [0.717, 1.165) is 31.0 Å². The molecule has 0 aliphatic carbocycles. The number of hydrogen-bond acceptors (Lipinski definition) is 4. The molecule has 26 heavy (non-hydrogen) atoms. The Morgan fingerprint density at radius 1 is 1.08 bits per heavy atom. The molecule has 1 aliphatic heterocycles. The molecule has 6 heteroatoms. The number of nitrogens with zero attached hydrogens (tertiary/aromatic N) is 3. The van der Waals surface area contributed by atoms with Crippen LogP contribution in [0, 0.1) is 0 Å². The lowest BCUT2D eigenvalue weighted by molar-refractivity contribution is -0.129. The third kappa shape index (κ3) is 4.20. The van der Waals surface area contributed by atoms with Crippen LogP contribution in [0.5, 0.6) is 0 Å². The minimum Gasteiger partial charge on any atom is -0.353 e. The number of pyridine rings is 1. The van der Waals surface area contributed by atoms with Gasteiger partial charge in [-0.1, -0.05) is 19.1 Å². The van der Waals surface area contributed by atoms with Crippen LogP contribution in [0.3, 0.4) is 0 Å². The first-order valence-electron chi connectivity index (χ1n) is 8.93. The van der Waals surface area contributed by atoms with Crippen molar-refractivity contribution in [1.82, 2.24) is 9.88 Å². The minimum atomic E-state index is -0.153. The summed E-state index contributed by atoms with van der Waals surface area (Å²) in [6.45, 7) is 6.48. The van der Waals surface area contributed by atoms with Crippen LogP contribution in [0.1, 0.15) is 29.8 Å². The average Bonchev–Trinajstić information content (AvgIpc) is 2.68. The Balaban J connectivity index is 1.66. The van der Waals surface area contributed by atoms with Crippen LogP contribution in [-0.2, 0) is 11.2 Å². The molecule has 0 unspecified atom stereocenters. The normalized spacial score (nSPS) is 14.2. The van der Waals surface area contributed by atoms with Gasteiger partial charge in [-0.3, -0.25) is 9.59 Å². The van der Waals surface area contributed by atoms with Crippen molar-refractivity contribution in [3.05, 3.63) is 53.7 Å². The standard InChI is InChI=1S/C20H24N4O2/c1-3-16-4-6-18(7-5-16)22-20(26)17-8-9-21-19(14-17)24-12-10-23(11-13-24)15(2)25/h4-9,14H,3,10-13H2,1-2H3,(H,22,26). The second-order valence-corrected chi connectivity index (χ2v) is 6.40. The van der Waals surface area contributed by atoms with E-state index in [4.69, 9.17) is 0 Å². The first kappa shape index (κ1) is 17.9. The van der Waals surface area contributed by atoms with E-state index in [2.05, 4.69) is 22.1 Å². The van der Waals surface area contributed by atoms with E-state index in [-0.39, 0.29) is 11.8 Å². The first-order valence-corrected chi connectivity index (χ1v) is 8.93. The van der Waals surface area contributed by atoms with Crippen LogP contribution in [0.4, 0.5) is 11.5 Å². The van der Waals surface area contributed by atoms with Crippen molar-refractivity contribution in [1.29, 1.82) is 0 Å². The molecule has 0 saturated carbocycles. The summed E-state index contributed by atoms with van der Waals surface area (Å²) < 4.78 is 0. The fraction of sp³-hybridized carbons (Fsp3) is 0.350. The Morgan fingerprint density at radius 2 is 1.77 bits per heavy atom. The molecule has 1 aromatic carbocycles. The number of benzene rings is 1. The Labute approximate surface area is 153 Å². The van der Waals surface area contributed by atoms with E-state index < -0.39 is 0 Å². The van der Waals surface area contributed by atoms with E-state index in [1.54, 1.807) is 25.3 Å². The minimum absolute atomic E-state index is 0.0971. The lowest BCUT2D eigenvalue weighted by Gasteiger charge is -2.35. The summed E-state index contributed by atoms with van der Waals surface area (Å²) in [7, 11) is 0. The maximum absolute atomic E-state index is 12.5. The molecule has 1 aliphatic rings. The van der Waals surface area contributed by atoms with Gasteiger partial charge in [-0.25, -0.2) is 4.98 Å². The highest BCUT2D eigenvalue weighted by molar-refractivity contribution is 6.04. The number of nitrogens with one attached hydrogen (secondary N) is 1. The number of rotatable bonds is 4. The zero-order valence-electron chi connectivity index (χ0n) is 15.2. The zero-order valence-corrected chi connectivity index (χ0v) is 15.2. The average molecular weight is 352 g/mol. The number of aromatic nitrogens is 1. The molecule has 0 atom stereocenters. The molecule has 136 valence electrons. The van der Waals surface area contributed by atoms with Crippen LogP contribution >= 0.6 is 0 Å². The summed E-state index contributed by atoms with van der Waals surface area (Å²) in [5.74, 6) is 0.710. The van der Waals surface area contributed by atoms with Gasteiger partial charge >= 0.3 is 0 Å². The van der Waals surface area contributed by atoms with Gasteiger partial charge in [0.2, 0.25) is 5.91 Å². The highest BCUT2D eigenvalue weighted by atomic mass is 16.2. The maximum atomic E-state index is 12.5. The third-order valence-corrected chi connectivity index (χ3v) is 4.68. The number of aryl methyl sites for hydroxylation is 1. The first-order chi connectivity index (χ1) is 12.6. The van der Waals surface area contributed by atoms with Crippen molar-refractivity contribution in [2.45, 2.75) is 20.3 Å². The molecule has 2 aromatic rings. The summed E-state index contributed by atoms with van der Waals surface area (Å²) in [6.07, 6.45) is 2.63. The molecular weight excluding hydrogens is 328 g/mol. The summed E-state index contributed by atoms with van der Waals surface area (Å²) in [5, 5.41) is 2.92. The van der Waals surface area contributed by atoms with Crippen LogP contribution in [0.25, 0.3) is 0 Å². The van der Waals surface area contributed by atoms with E-state index in [1.807, 2.05) is 29.2 Å². The van der Waals surface area contributed by atoms with Crippen molar-refractivity contribution in [2.24, 2.45) is 0 Å². The molecule has 0 bridgehead atoms. The SMILES string of the molecule is CCc1ccc(NC(=O)c2ccnc(N3CCN(C(C)=O)CC3)c2)cc1. The largest absolute Gasteiger partial charge is 0.353 e. The fourth-order valence-corrected chi connectivity index (χ4v) is 3.01. The smallest absolute Gasteiger partial charge is 0.255 e. The van der Waals surface area contributed by atoms with Gasteiger partial charge in [0.25, 0.3) is 5.91 Å². The second-order valence-electron chi connectivity index (χ2n) is 6.40. The van der Waals surface area contributed by atoms with Crippen molar-refractivity contribution in [3.63, 3.8) is 0 Å². The molecule has 6 nitrogen and oxygen atoms in total. The Hall–Kier alpha value is -2.89. The molecule has 1 N–H and O–H groups in total. The zero-order chi connectivity index (χ0) is 18.5. The predicted molar refractivity (Wildman–Crippen MR) is 102 cm³/mol. The summed E-state index contributed by atoms with van der Waals surface area (Å²) in [4.78, 5) is 32.3. The Morgan fingerprint density at radius 3 is 2.38 bits per heavy atom. The van der Waals surface area contributed by atoms with Crippen LogP contribution in [0.15, 0.2) is 42.6 Å². The summed E-state index contributed by atoms with van der Waals surface area (Å²) in [5.41, 5.74) is 2.59. The summed E-state index contributed by atoms with van der Waals surface area (Å²) >= 11 is 0. The molecule has 1 fully saturated rings. The molecular formula is C20H24N4O2. The molecule has 2 amide bonds.